The van der Waals surface area contributed by atoms with Crippen LogP contribution in [0.25, 0.3) is 0 Å². The molecule has 13 nitrogen and oxygen atoms in total. The third-order valence-electron chi connectivity index (χ3n) is 11.4. The highest BCUT2D eigenvalue weighted by atomic mass is 16.6. The molecule has 1 atom stereocenters. The summed E-state index contributed by atoms with van der Waals surface area (Å²) in [6.07, 6.45) is 2.59. The number of piperidine rings is 2. The van der Waals surface area contributed by atoms with Crippen LogP contribution in [0.2, 0.25) is 0 Å². The highest BCUT2D eigenvalue weighted by Crippen LogP contribution is 2.27. The number of aryl methyl sites for hydroxylation is 2. The molecule has 0 bridgehead atoms. The van der Waals surface area contributed by atoms with Gasteiger partial charge in [0.1, 0.15) is 5.75 Å². The summed E-state index contributed by atoms with van der Waals surface area (Å²) >= 11 is 0. The molecule has 0 aliphatic carbocycles. The first-order chi connectivity index (χ1) is 25.9. The molecular weight excluding hydrogens is 700 g/mol. The van der Waals surface area contributed by atoms with Gasteiger partial charge in [0.25, 0.3) is 5.91 Å². The molecule has 4 aliphatic heterocycles. The van der Waals surface area contributed by atoms with Crippen molar-refractivity contribution in [3.63, 3.8) is 0 Å². The van der Waals surface area contributed by atoms with E-state index in [1.807, 2.05) is 73.9 Å². The SMILES string of the molecule is C.Cc1cc(C[C@@H](OC(=O)N2CCC(N3CCc4ccccc4NC3=O)CC2)C(=O)N2CCN(C3CCN(CC(=O)OCC(C)C)CC3)CC2)cc(C)c1O. The maximum absolute atomic E-state index is 14.2. The normalized spacial score (nSPS) is 19.6. The second kappa shape index (κ2) is 19.0. The number of para-hydroxylation sites is 1. The Morgan fingerprint density at radius 3 is 2.15 bits per heavy atom. The van der Waals surface area contributed by atoms with E-state index in [0.29, 0.717) is 81.8 Å². The van der Waals surface area contributed by atoms with Gasteiger partial charge in [0.2, 0.25) is 0 Å². The maximum atomic E-state index is 14.2. The summed E-state index contributed by atoms with van der Waals surface area (Å²) < 4.78 is 11.5. The van der Waals surface area contributed by atoms with Gasteiger partial charge in [-0.05, 0) is 80.2 Å². The van der Waals surface area contributed by atoms with Crippen LogP contribution in [-0.4, -0.2) is 144 Å². The van der Waals surface area contributed by atoms with Crippen LogP contribution in [0.15, 0.2) is 36.4 Å². The summed E-state index contributed by atoms with van der Waals surface area (Å²) in [5.74, 6) is 0.159. The number of carbonyl (C=O) groups is 4. The van der Waals surface area contributed by atoms with Crippen LogP contribution < -0.4 is 5.32 Å². The van der Waals surface area contributed by atoms with Crippen molar-refractivity contribution >= 4 is 29.7 Å². The zero-order chi connectivity index (χ0) is 38.4. The number of benzene rings is 2. The largest absolute Gasteiger partial charge is 0.507 e. The molecule has 0 unspecified atom stereocenters. The number of carbonyl (C=O) groups excluding carboxylic acids is 4. The molecule has 4 amide bonds. The first-order valence-electron chi connectivity index (χ1n) is 19.8. The lowest BCUT2D eigenvalue weighted by Crippen LogP contribution is -2.57. The van der Waals surface area contributed by atoms with Crippen molar-refractivity contribution in [2.45, 2.75) is 91.8 Å². The number of hydrogen-bond donors (Lipinski definition) is 2. The topological polar surface area (TPSA) is 135 Å². The molecule has 2 N–H and O–H groups in total. The lowest BCUT2D eigenvalue weighted by molar-refractivity contribution is -0.146. The third kappa shape index (κ3) is 10.7. The van der Waals surface area contributed by atoms with Crippen molar-refractivity contribution in [3.8, 4) is 5.75 Å². The molecule has 55 heavy (non-hydrogen) atoms. The van der Waals surface area contributed by atoms with Crippen LogP contribution in [0.1, 0.15) is 69.2 Å². The number of amides is 4. The second-order valence-electron chi connectivity index (χ2n) is 15.8. The van der Waals surface area contributed by atoms with Crippen molar-refractivity contribution in [2.24, 2.45) is 5.92 Å². The Morgan fingerprint density at radius 1 is 0.855 bits per heavy atom. The van der Waals surface area contributed by atoms with Gasteiger partial charge in [-0.3, -0.25) is 19.4 Å². The lowest BCUT2D eigenvalue weighted by Gasteiger charge is -2.43. The molecule has 0 aromatic heterocycles. The molecule has 2 aromatic carbocycles. The predicted molar refractivity (Wildman–Crippen MR) is 212 cm³/mol. The number of nitrogens with zero attached hydrogens (tertiary/aromatic N) is 5. The Kier molecular flexibility index (Phi) is 14.4. The van der Waals surface area contributed by atoms with Gasteiger partial charge in [-0.25, -0.2) is 9.59 Å². The van der Waals surface area contributed by atoms with E-state index < -0.39 is 12.2 Å². The van der Waals surface area contributed by atoms with E-state index in [2.05, 4.69) is 15.1 Å². The number of nitrogens with one attached hydrogen (secondary N) is 1. The number of rotatable bonds is 10. The summed E-state index contributed by atoms with van der Waals surface area (Å²) in [4.78, 5) is 63.2. The van der Waals surface area contributed by atoms with E-state index in [1.54, 1.807) is 4.90 Å². The molecule has 0 saturated carbocycles. The fourth-order valence-electron chi connectivity index (χ4n) is 8.29. The van der Waals surface area contributed by atoms with Gasteiger partial charge in [-0.1, -0.05) is 51.6 Å². The second-order valence-corrected chi connectivity index (χ2v) is 15.8. The Labute approximate surface area is 326 Å². The van der Waals surface area contributed by atoms with Crippen LogP contribution in [-0.2, 0) is 31.9 Å². The minimum Gasteiger partial charge on any atom is -0.507 e. The van der Waals surface area contributed by atoms with E-state index >= 15 is 0 Å². The molecule has 302 valence electrons. The van der Waals surface area contributed by atoms with Gasteiger partial charge in [-0.2, -0.15) is 0 Å². The number of esters is 1. The average molecular weight is 763 g/mol. The first-order valence-corrected chi connectivity index (χ1v) is 19.8. The molecule has 3 saturated heterocycles. The van der Waals surface area contributed by atoms with Crippen LogP contribution in [0.5, 0.6) is 5.75 Å². The highest BCUT2D eigenvalue weighted by Gasteiger charge is 2.36. The highest BCUT2D eigenvalue weighted by molar-refractivity contribution is 5.91. The Hall–Kier alpha value is -4.36. The summed E-state index contributed by atoms with van der Waals surface area (Å²) in [5.41, 5.74) is 4.19. The van der Waals surface area contributed by atoms with Crippen molar-refractivity contribution < 1.29 is 33.8 Å². The van der Waals surface area contributed by atoms with Crippen LogP contribution in [0, 0.1) is 19.8 Å². The monoisotopic (exact) mass is 762 g/mol. The van der Waals surface area contributed by atoms with E-state index in [0.717, 1.165) is 62.3 Å². The van der Waals surface area contributed by atoms with Crippen molar-refractivity contribution in [1.82, 2.24) is 24.5 Å². The number of urea groups is 1. The van der Waals surface area contributed by atoms with E-state index in [4.69, 9.17) is 9.47 Å². The molecule has 13 heteroatoms. The third-order valence-corrected chi connectivity index (χ3v) is 11.4. The molecular formula is C42H62N6O7. The Morgan fingerprint density at radius 2 is 1.49 bits per heavy atom. The van der Waals surface area contributed by atoms with Crippen LogP contribution >= 0.6 is 0 Å². The van der Waals surface area contributed by atoms with Crippen LogP contribution in [0.4, 0.5) is 15.3 Å². The van der Waals surface area contributed by atoms with Gasteiger partial charge in [0.15, 0.2) is 6.10 Å². The standard InChI is InChI=1S/C41H58N6O7.CH4/c1-28(2)27-53-37(48)26-43-14-10-33(11-15-43)44-19-21-45(22-20-44)39(50)36(25-31-23-29(3)38(49)30(4)24-31)54-41(52)46-16-12-34(13-17-46)47-18-9-32-7-5-6-8-35(32)42-40(47)51;/h5-8,23-24,28,33-34,36,49H,9-22,25-27H2,1-4H3,(H,42,51);1H4/t36-;/m1./s1. The van der Waals surface area contributed by atoms with E-state index in [9.17, 15) is 24.3 Å². The molecule has 4 heterocycles. The Balaban J connectivity index is 0.00000580. The molecule has 6 rings (SSSR count). The van der Waals surface area contributed by atoms with Crippen molar-refractivity contribution in [2.75, 3.05) is 77.4 Å². The lowest BCUT2D eigenvalue weighted by atomic mass is 10.00. The summed E-state index contributed by atoms with van der Waals surface area (Å²) in [7, 11) is 0. The van der Waals surface area contributed by atoms with E-state index in [-0.39, 0.29) is 43.5 Å². The predicted octanol–water partition coefficient (Wildman–Crippen LogP) is 5.06. The summed E-state index contributed by atoms with van der Waals surface area (Å²) in [6.45, 7) is 14.1. The summed E-state index contributed by atoms with van der Waals surface area (Å²) in [6, 6.07) is 11.8. The van der Waals surface area contributed by atoms with Gasteiger partial charge >= 0.3 is 18.1 Å². The smallest absolute Gasteiger partial charge is 0.410 e. The average Bonchev–Trinajstić information content (AvgIpc) is 3.34. The minimum atomic E-state index is -1.02. The zero-order valence-electron chi connectivity index (χ0n) is 32.4. The summed E-state index contributed by atoms with van der Waals surface area (Å²) in [5, 5.41) is 13.4. The Bertz CT molecular complexity index is 1620. The quantitative estimate of drug-likeness (QED) is 0.319. The number of phenolic OH excluding ortho intramolecular Hbond substituents is 1. The number of hydrogen-bond acceptors (Lipinski definition) is 9. The molecule has 0 spiro atoms. The van der Waals surface area contributed by atoms with Crippen molar-refractivity contribution in [3.05, 3.63) is 58.7 Å². The molecule has 0 radical (unpaired) electrons. The first kappa shape index (κ1) is 41.8. The fourth-order valence-corrected chi connectivity index (χ4v) is 8.29. The zero-order valence-corrected chi connectivity index (χ0v) is 32.4. The van der Waals surface area contributed by atoms with Gasteiger partial charge in [0, 0.05) is 83.1 Å². The van der Waals surface area contributed by atoms with Crippen LogP contribution in [0.3, 0.4) is 0 Å². The van der Waals surface area contributed by atoms with Gasteiger partial charge in [-0.15, -0.1) is 0 Å². The number of ether oxygens (including phenoxy) is 2. The van der Waals surface area contributed by atoms with E-state index in [1.165, 1.54) is 0 Å². The van der Waals surface area contributed by atoms with Crippen molar-refractivity contribution in [1.29, 1.82) is 0 Å². The number of likely N-dealkylation sites (tertiary alicyclic amines) is 2. The number of fused-ring (bicyclic) bond motifs is 1. The number of piperazine rings is 1. The number of phenols is 1. The maximum Gasteiger partial charge on any atom is 0.410 e. The minimum absolute atomic E-state index is 0. The fraction of sp³-hybridized carbons (Fsp3) is 0.619. The number of anilines is 1. The number of aromatic hydroxyl groups is 1. The van der Waals surface area contributed by atoms with Gasteiger partial charge in [0.05, 0.1) is 13.2 Å². The van der Waals surface area contributed by atoms with Gasteiger partial charge < -0.3 is 34.6 Å². The molecule has 2 aromatic rings. The molecule has 3 fully saturated rings. The molecule has 4 aliphatic rings.